The third-order valence-corrected chi connectivity index (χ3v) is 3.46. The van der Waals surface area contributed by atoms with E-state index in [0.717, 1.165) is 0 Å². The summed E-state index contributed by atoms with van der Waals surface area (Å²) in [6, 6.07) is 3.99. The highest BCUT2D eigenvalue weighted by molar-refractivity contribution is 9.10. The molecule has 6 nitrogen and oxygen atoms in total. The number of carboxylic acids is 1. The molecular formula is C12H11BrN2O4. The number of anilines is 1. The van der Waals surface area contributed by atoms with Crippen molar-refractivity contribution in [2.45, 2.75) is 18.9 Å². The molecule has 1 aliphatic rings. The number of carbonyl (C=O) groups excluding carboxylic acids is 2. The predicted octanol–water partition coefficient (Wildman–Crippen LogP) is 1.36. The van der Waals surface area contributed by atoms with E-state index in [0.29, 0.717) is 17.3 Å². The zero-order chi connectivity index (χ0) is 14.0. The van der Waals surface area contributed by atoms with Crippen molar-refractivity contribution in [2.24, 2.45) is 0 Å². The van der Waals surface area contributed by atoms with Crippen molar-refractivity contribution in [1.29, 1.82) is 0 Å². The molecule has 1 atom stereocenters. The number of nitrogens with one attached hydrogen (secondary N) is 2. The zero-order valence-electron chi connectivity index (χ0n) is 9.77. The van der Waals surface area contributed by atoms with Gasteiger partial charge in [0.1, 0.15) is 6.04 Å². The smallest absolute Gasteiger partial charge is 0.337 e. The Morgan fingerprint density at radius 2 is 2.16 bits per heavy atom. The maximum Gasteiger partial charge on any atom is 0.337 e. The molecular weight excluding hydrogens is 316 g/mol. The van der Waals surface area contributed by atoms with Crippen LogP contribution >= 0.6 is 15.9 Å². The molecule has 0 saturated carbocycles. The van der Waals surface area contributed by atoms with Gasteiger partial charge in [0, 0.05) is 10.9 Å². The number of aromatic carboxylic acids is 1. The summed E-state index contributed by atoms with van der Waals surface area (Å²) in [7, 11) is 0. The monoisotopic (exact) mass is 326 g/mol. The molecule has 0 bridgehead atoms. The molecule has 0 aliphatic carbocycles. The van der Waals surface area contributed by atoms with Crippen LogP contribution in [-0.2, 0) is 9.59 Å². The standard InChI is InChI=1S/C12H11BrN2O4/c13-7-3-1-2-6(12(18)19)10(7)15-11(17)8-4-5-9(16)14-8/h1-3,8H,4-5H2,(H,14,16)(H,15,17)(H,18,19)/t8-/m0/s1. The highest BCUT2D eigenvalue weighted by Gasteiger charge is 2.28. The lowest BCUT2D eigenvalue weighted by Crippen LogP contribution is -2.37. The minimum Gasteiger partial charge on any atom is -0.478 e. The number of carbonyl (C=O) groups is 3. The Labute approximate surface area is 117 Å². The average Bonchev–Trinajstić information content (AvgIpc) is 2.78. The van der Waals surface area contributed by atoms with Gasteiger partial charge in [-0.2, -0.15) is 0 Å². The fourth-order valence-electron chi connectivity index (χ4n) is 1.85. The minimum absolute atomic E-state index is 0.00736. The van der Waals surface area contributed by atoms with Crippen molar-refractivity contribution >= 4 is 39.4 Å². The van der Waals surface area contributed by atoms with E-state index in [1.54, 1.807) is 12.1 Å². The van der Waals surface area contributed by atoms with Crippen LogP contribution in [0.2, 0.25) is 0 Å². The van der Waals surface area contributed by atoms with E-state index < -0.39 is 17.9 Å². The number of hydrogen-bond donors (Lipinski definition) is 3. The minimum atomic E-state index is -1.13. The largest absolute Gasteiger partial charge is 0.478 e. The van der Waals surface area contributed by atoms with E-state index in [4.69, 9.17) is 5.11 Å². The number of halogens is 1. The first kappa shape index (κ1) is 13.5. The molecule has 1 heterocycles. The second-order valence-corrected chi connectivity index (χ2v) is 4.97. The molecule has 1 aromatic carbocycles. The molecule has 2 rings (SSSR count). The number of para-hydroxylation sites is 1. The van der Waals surface area contributed by atoms with Gasteiger partial charge in [0.05, 0.1) is 11.3 Å². The molecule has 7 heteroatoms. The quantitative estimate of drug-likeness (QED) is 0.781. The maximum atomic E-state index is 11.9. The zero-order valence-corrected chi connectivity index (χ0v) is 11.4. The van der Waals surface area contributed by atoms with Crippen LogP contribution in [-0.4, -0.2) is 28.9 Å². The fraction of sp³-hybridized carbons (Fsp3) is 0.250. The Morgan fingerprint density at radius 1 is 1.42 bits per heavy atom. The molecule has 0 aromatic heterocycles. The van der Waals surface area contributed by atoms with Crippen molar-refractivity contribution in [3.8, 4) is 0 Å². The van der Waals surface area contributed by atoms with E-state index in [9.17, 15) is 14.4 Å². The summed E-state index contributed by atoms with van der Waals surface area (Å²) < 4.78 is 0.477. The SMILES string of the molecule is O=C1CC[C@@H](C(=O)Nc2c(Br)cccc2C(=O)O)N1. The Kier molecular flexibility index (Phi) is 3.84. The predicted molar refractivity (Wildman–Crippen MR) is 70.9 cm³/mol. The van der Waals surface area contributed by atoms with Crippen molar-refractivity contribution in [2.75, 3.05) is 5.32 Å². The summed E-state index contributed by atoms with van der Waals surface area (Å²) >= 11 is 3.20. The summed E-state index contributed by atoms with van der Waals surface area (Å²) in [6.45, 7) is 0. The lowest BCUT2D eigenvalue weighted by Gasteiger charge is -2.14. The Morgan fingerprint density at radius 3 is 2.74 bits per heavy atom. The Hall–Kier alpha value is -1.89. The first-order valence-electron chi connectivity index (χ1n) is 5.61. The van der Waals surface area contributed by atoms with Crippen LogP contribution in [0.1, 0.15) is 23.2 Å². The lowest BCUT2D eigenvalue weighted by atomic mass is 10.1. The van der Waals surface area contributed by atoms with Crippen LogP contribution in [0.25, 0.3) is 0 Å². The normalized spacial score (nSPS) is 17.9. The van der Waals surface area contributed by atoms with Gasteiger partial charge in [-0.1, -0.05) is 6.07 Å². The fourth-order valence-corrected chi connectivity index (χ4v) is 2.32. The van der Waals surface area contributed by atoms with Crippen molar-refractivity contribution in [3.63, 3.8) is 0 Å². The van der Waals surface area contributed by atoms with Crippen molar-refractivity contribution in [1.82, 2.24) is 5.32 Å². The molecule has 19 heavy (non-hydrogen) atoms. The highest BCUT2D eigenvalue weighted by atomic mass is 79.9. The molecule has 0 unspecified atom stereocenters. The average molecular weight is 327 g/mol. The topological polar surface area (TPSA) is 95.5 Å². The summed E-state index contributed by atoms with van der Waals surface area (Å²) in [5.41, 5.74) is 0.188. The number of carboxylic acid groups (broad SMARTS) is 1. The van der Waals surface area contributed by atoms with Gasteiger partial charge < -0.3 is 15.7 Å². The number of hydrogen-bond acceptors (Lipinski definition) is 3. The second-order valence-electron chi connectivity index (χ2n) is 4.12. The Balaban J connectivity index is 2.21. The molecule has 1 fully saturated rings. The molecule has 3 N–H and O–H groups in total. The van der Waals surface area contributed by atoms with Crippen LogP contribution in [0.15, 0.2) is 22.7 Å². The van der Waals surface area contributed by atoms with Gasteiger partial charge in [0.15, 0.2) is 0 Å². The van der Waals surface area contributed by atoms with Crippen LogP contribution < -0.4 is 10.6 Å². The number of amides is 2. The highest BCUT2D eigenvalue weighted by Crippen LogP contribution is 2.27. The molecule has 0 radical (unpaired) electrons. The summed E-state index contributed by atoms with van der Waals surface area (Å²) in [5, 5.41) is 14.1. The van der Waals surface area contributed by atoms with Gasteiger partial charge in [0.25, 0.3) is 0 Å². The van der Waals surface area contributed by atoms with Gasteiger partial charge in [-0.05, 0) is 34.5 Å². The van der Waals surface area contributed by atoms with Crippen LogP contribution in [0.3, 0.4) is 0 Å². The van der Waals surface area contributed by atoms with Crippen LogP contribution in [0.5, 0.6) is 0 Å². The molecule has 1 aromatic rings. The first-order valence-corrected chi connectivity index (χ1v) is 6.40. The summed E-state index contributed by atoms with van der Waals surface area (Å²) in [5.74, 6) is -1.72. The van der Waals surface area contributed by atoms with Gasteiger partial charge in [-0.3, -0.25) is 9.59 Å². The van der Waals surface area contributed by atoms with E-state index >= 15 is 0 Å². The van der Waals surface area contributed by atoms with E-state index in [-0.39, 0.29) is 17.2 Å². The molecule has 100 valence electrons. The van der Waals surface area contributed by atoms with Gasteiger partial charge in [-0.25, -0.2) is 4.79 Å². The summed E-state index contributed by atoms with van der Waals surface area (Å²) in [4.78, 5) is 34.1. The van der Waals surface area contributed by atoms with Gasteiger partial charge >= 0.3 is 5.97 Å². The molecule has 0 spiro atoms. The molecule has 2 amide bonds. The van der Waals surface area contributed by atoms with Gasteiger partial charge in [-0.15, -0.1) is 0 Å². The number of rotatable bonds is 3. The summed E-state index contributed by atoms with van der Waals surface area (Å²) in [6.07, 6.45) is 0.720. The van der Waals surface area contributed by atoms with E-state index in [1.807, 2.05) is 0 Å². The van der Waals surface area contributed by atoms with E-state index in [1.165, 1.54) is 6.07 Å². The van der Waals surface area contributed by atoms with Crippen LogP contribution in [0.4, 0.5) is 5.69 Å². The molecule has 1 saturated heterocycles. The second kappa shape index (κ2) is 5.40. The lowest BCUT2D eigenvalue weighted by molar-refractivity contribution is -0.122. The van der Waals surface area contributed by atoms with Crippen molar-refractivity contribution < 1.29 is 19.5 Å². The van der Waals surface area contributed by atoms with Crippen molar-refractivity contribution in [3.05, 3.63) is 28.2 Å². The Bertz CT molecular complexity index is 559. The molecule has 1 aliphatic heterocycles. The van der Waals surface area contributed by atoms with Crippen LogP contribution in [0, 0.1) is 0 Å². The number of benzene rings is 1. The third-order valence-electron chi connectivity index (χ3n) is 2.80. The van der Waals surface area contributed by atoms with Gasteiger partial charge in [0.2, 0.25) is 11.8 Å². The maximum absolute atomic E-state index is 11.9. The third kappa shape index (κ3) is 2.93. The first-order chi connectivity index (χ1) is 8.99. The van der Waals surface area contributed by atoms with E-state index in [2.05, 4.69) is 26.6 Å².